The van der Waals surface area contributed by atoms with Gasteiger partial charge in [0.2, 0.25) is 11.9 Å². The first-order chi connectivity index (χ1) is 12.5. The predicted octanol–water partition coefficient (Wildman–Crippen LogP) is 1.85. The first-order valence-corrected chi connectivity index (χ1v) is 10.4. The summed E-state index contributed by atoms with van der Waals surface area (Å²) in [4.78, 5) is 22.6. The standard InChI is InChI=1S/C18H20N4O3S/c1-2-16(23)22-9-14-15(10-22)26(24,25)11-12-8-19-18(21-17(12)14)20-13-6-4-3-5-7-13/h3-8,14-15H,2,9-11H2,1H3,(H,19,20,21)/t14-,15-/m0/s1. The number of benzene rings is 1. The van der Waals surface area contributed by atoms with E-state index in [-0.39, 0.29) is 24.1 Å². The van der Waals surface area contributed by atoms with Gasteiger partial charge in [-0.05, 0) is 12.1 Å². The third-order valence-electron chi connectivity index (χ3n) is 5.02. The Morgan fingerprint density at radius 1 is 1.27 bits per heavy atom. The van der Waals surface area contributed by atoms with Crippen molar-refractivity contribution in [3.05, 3.63) is 47.8 Å². The Labute approximate surface area is 152 Å². The van der Waals surface area contributed by atoms with E-state index >= 15 is 0 Å². The Morgan fingerprint density at radius 3 is 2.77 bits per heavy atom. The van der Waals surface area contributed by atoms with Crippen LogP contribution in [0.3, 0.4) is 0 Å². The molecule has 2 aliphatic rings. The summed E-state index contributed by atoms with van der Waals surface area (Å²) in [6, 6.07) is 9.57. The number of anilines is 2. The number of nitrogens with zero attached hydrogens (tertiary/aromatic N) is 3. The first-order valence-electron chi connectivity index (χ1n) is 8.65. The molecule has 1 amide bonds. The normalized spacial score (nSPS) is 23.2. The van der Waals surface area contributed by atoms with Crippen molar-refractivity contribution in [3.63, 3.8) is 0 Å². The second-order valence-electron chi connectivity index (χ2n) is 6.70. The maximum Gasteiger partial charge on any atom is 0.227 e. The van der Waals surface area contributed by atoms with Gasteiger partial charge in [-0.3, -0.25) is 4.79 Å². The summed E-state index contributed by atoms with van der Waals surface area (Å²) in [6.45, 7) is 2.44. The van der Waals surface area contributed by atoms with Crippen molar-refractivity contribution in [1.29, 1.82) is 0 Å². The molecule has 2 atom stereocenters. The average molecular weight is 372 g/mol. The van der Waals surface area contributed by atoms with Crippen molar-refractivity contribution in [2.24, 2.45) is 0 Å². The third-order valence-corrected chi connectivity index (χ3v) is 7.13. The van der Waals surface area contributed by atoms with Crippen molar-refractivity contribution in [1.82, 2.24) is 14.9 Å². The van der Waals surface area contributed by atoms with Gasteiger partial charge in [0.05, 0.1) is 16.7 Å². The topological polar surface area (TPSA) is 92.3 Å². The van der Waals surface area contributed by atoms with E-state index in [4.69, 9.17) is 0 Å². The third kappa shape index (κ3) is 2.94. The molecule has 1 aromatic heterocycles. The zero-order valence-corrected chi connectivity index (χ0v) is 15.2. The summed E-state index contributed by atoms with van der Waals surface area (Å²) in [5.41, 5.74) is 2.24. The predicted molar refractivity (Wildman–Crippen MR) is 97.8 cm³/mol. The molecule has 0 saturated carbocycles. The monoisotopic (exact) mass is 372 g/mol. The lowest BCUT2D eigenvalue weighted by atomic mass is 10.00. The molecule has 136 valence electrons. The Balaban J connectivity index is 1.69. The van der Waals surface area contributed by atoms with E-state index < -0.39 is 15.1 Å². The molecule has 1 fully saturated rings. The van der Waals surface area contributed by atoms with Gasteiger partial charge in [0.15, 0.2) is 9.84 Å². The zero-order chi connectivity index (χ0) is 18.3. The summed E-state index contributed by atoms with van der Waals surface area (Å²) >= 11 is 0. The van der Waals surface area contributed by atoms with Crippen LogP contribution in [-0.2, 0) is 20.4 Å². The molecule has 4 rings (SSSR count). The molecule has 1 saturated heterocycles. The molecule has 0 bridgehead atoms. The molecular weight excluding hydrogens is 352 g/mol. The van der Waals surface area contributed by atoms with Crippen LogP contribution in [-0.4, -0.2) is 47.5 Å². The van der Waals surface area contributed by atoms with Crippen molar-refractivity contribution < 1.29 is 13.2 Å². The number of hydrogen-bond donors (Lipinski definition) is 1. The average Bonchev–Trinajstić information content (AvgIpc) is 3.09. The Bertz CT molecular complexity index is 946. The molecular formula is C18H20N4O3S. The van der Waals surface area contributed by atoms with Crippen molar-refractivity contribution in [3.8, 4) is 0 Å². The Kier molecular flexibility index (Phi) is 4.14. The molecule has 3 heterocycles. The number of aromatic nitrogens is 2. The van der Waals surface area contributed by atoms with Crippen LogP contribution in [0.5, 0.6) is 0 Å². The first kappa shape index (κ1) is 17.0. The highest BCUT2D eigenvalue weighted by molar-refractivity contribution is 7.91. The van der Waals surface area contributed by atoms with Crippen molar-refractivity contribution in [2.45, 2.75) is 30.3 Å². The summed E-state index contributed by atoms with van der Waals surface area (Å²) in [5, 5.41) is 2.57. The highest BCUT2D eigenvalue weighted by Crippen LogP contribution is 2.39. The van der Waals surface area contributed by atoms with Crippen LogP contribution in [0.25, 0.3) is 0 Å². The van der Waals surface area contributed by atoms with Crippen LogP contribution < -0.4 is 5.32 Å². The molecule has 0 aliphatic carbocycles. The fraction of sp³-hybridized carbons (Fsp3) is 0.389. The lowest BCUT2D eigenvalue weighted by Gasteiger charge is -2.26. The van der Waals surface area contributed by atoms with Gasteiger partial charge in [0.1, 0.15) is 0 Å². The molecule has 2 aliphatic heterocycles. The molecule has 0 radical (unpaired) electrons. The number of amides is 1. The molecule has 1 aromatic carbocycles. The molecule has 0 spiro atoms. The van der Waals surface area contributed by atoms with Gasteiger partial charge in [0.25, 0.3) is 0 Å². The highest BCUT2D eigenvalue weighted by Gasteiger charge is 2.48. The second kappa shape index (κ2) is 6.35. The number of nitrogens with one attached hydrogen (secondary N) is 1. The second-order valence-corrected chi connectivity index (χ2v) is 8.92. The summed E-state index contributed by atoms with van der Waals surface area (Å²) in [6.07, 6.45) is 1.96. The van der Waals surface area contributed by atoms with E-state index in [1.54, 1.807) is 18.0 Å². The quantitative estimate of drug-likeness (QED) is 0.884. The summed E-state index contributed by atoms with van der Waals surface area (Å²) < 4.78 is 25.3. The zero-order valence-electron chi connectivity index (χ0n) is 14.4. The minimum atomic E-state index is -3.31. The number of hydrogen-bond acceptors (Lipinski definition) is 6. The summed E-state index contributed by atoms with van der Waals surface area (Å²) in [5.74, 6) is 0.0585. The van der Waals surface area contributed by atoms with E-state index in [0.29, 0.717) is 24.5 Å². The van der Waals surface area contributed by atoms with Gasteiger partial charge >= 0.3 is 0 Å². The van der Waals surface area contributed by atoms with E-state index in [2.05, 4.69) is 15.3 Å². The van der Waals surface area contributed by atoms with E-state index in [0.717, 1.165) is 11.4 Å². The van der Waals surface area contributed by atoms with Crippen LogP contribution in [0, 0.1) is 0 Å². The fourth-order valence-corrected chi connectivity index (χ4v) is 5.71. The van der Waals surface area contributed by atoms with Gasteiger partial charge in [-0.15, -0.1) is 0 Å². The minimum absolute atomic E-state index is 0.0205. The summed E-state index contributed by atoms with van der Waals surface area (Å²) in [7, 11) is -3.31. The molecule has 0 unspecified atom stereocenters. The Hall–Kier alpha value is -2.48. The lowest BCUT2D eigenvalue weighted by molar-refractivity contribution is -0.129. The molecule has 1 N–H and O–H groups in total. The van der Waals surface area contributed by atoms with E-state index in [9.17, 15) is 13.2 Å². The maximum atomic E-state index is 12.6. The molecule has 2 aromatic rings. The number of fused-ring (bicyclic) bond motifs is 3. The molecule has 26 heavy (non-hydrogen) atoms. The fourth-order valence-electron chi connectivity index (χ4n) is 3.71. The minimum Gasteiger partial charge on any atom is -0.341 e. The van der Waals surface area contributed by atoms with Crippen molar-refractivity contribution in [2.75, 3.05) is 18.4 Å². The maximum absolute atomic E-state index is 12.6. The molecule has 7 nitrogen and oxygen atoms in total. The van der Waals surface area contributed by atoms with Crippen LogP contribution in [0.4, 0.5) is 11.6 Å². The van der Waals surface area contributed by atoms with Gasteiger partial charge in [0, 0.05) is 42.9 Å². The van der Waals surface area contributed by atoms with E-state index in [1.807, 2.05) is 30.3 Å². The van der Waals surface area contributed by atoms with Gasteiger partial charge in [-0.1, -0.05) is 25.1 Å². The van der Waals surface area contributed by atoms with Gasteiger partial charge in [-0.25, -0.2) is 18.4 Å². The smallest absolute Gasteiger partial charge is 0.227 e. The number of sulfone groups is 1. The number of likely N-dealkylation sites (tertiary alicyclic amines) is 1. The van der Waals surface area contributed by atoms with Gasteiger partial charge < -0.3 is 10.2 Å². The SMILES string of the molecule is CCC(=O)N1C[C@@H]2c3nc(Nc4ccccc4)ncc3CS(=O)(=O)[C@H]2C1. The van der Waals surface area contributed by atoms with Crippen molar-refractivity contribution >= 4 is 27.4 Å². The molecule has 8 heteroatoms. The number of rotatable bonds is 3. The highest BCUT2D eigenvalue weighted by atomic mass is 32.2. The Morgan fingerprint density at radius 2 is 2.04 bits per heavy atom. The van der Waals surface area contributed by atoms with E-state index in [1.165, 1.54) is 0 Å². The van der Waals surface area contributed by atoms with Crippen LogP contribution in [0.2, 0.25) is 0 Å². The number of carbonyl (C=O) groups excluding carboxylic acids is 1. The number of carbonyl (C=O) groups is 1. The van der Waals surface area contributed by atoms with Crippen LogP contribution in [0.1, 0.15) is 30.5 Å². The largest absolute Gasteiger partial charge is 0.341 e. The number of para-hydroxylation sites is 1. The van der Waals surface area contributed by atoms with Gasteiger partial charge in [-0.2, -0.15) is 0 Å². The van der Waals surface area contributed by atoms with Crippen LogP contribution >= 0.6 is 0 Å². The van der Waals surface area contributed by atoms with Crippen LogP contribution in [0.15, 0.2) is 36.5 Å². The lowest BCUT2D eigenvalue weighted by Crippen LogP contribution is -2.35.